The van der Waals surface area contributed by atoms with Gasteiger partial charge in [-0.3, -0.25) is 0 Å². The molecule has 108 valence electrons. The molecule has 0 aromatic rings. The number of rotatable bonds is 8. The van der Waals surface area contributed by atoms with E-state index in [-0.39, 0.29) is 23.9 Å². The summed E-state index contributed by atoms with van der Waals surface area (Å²) in [5, 5.41) is 0. The van der Waals surface area contributed by atoms with Crippen molar-refractivity contribution in [2.45, 2.75) is 27.7 Å². The van der Waals surface area contributed by atoms with Gasteiger partial charge in [-0.2, -0.15) is 0 Å². The predicted octanol–water partition coefficient (Wildman–Crippen LogP) is 0.848. The van der Waals surface area contributed by atoms with E-state index >= 15 is 0 Å². The minimum Gasteiger partial charge on any atom is 0 e. The van der Waals surface area contributed by atoms with Crippen LogP contribution in [-0.4, -0.2) is 110 Å². The second-order valence-electron chi connectivity index (χ2n) is 4.66. The first kappa shape index (κ1) is 21.7. The SMILES string of the molecule is CC[N](C)[Sn]([N](C)CC)([N](C)CC)[N](C)CC.[Sn]. The normalized spacial score (nSPS) is 12.7. The van der Waals surface area contributed by atoms with Crippen molar-refractivity contribution in [1.29, 1.82) is 0 Å². The zero-order valence-electron chi connectivity index (χ0n) is 13.6. The van der Waals surface area contributed by atoms with Gasteiger partial charge < -0.3 is 0 Å². The Labute approximate surface area is 137 Å². The standard InChI is InChI=1S/4C3H8N.2Sn/c4*1-3-4-2;;/h4*3H2,1-2H3;;/q4*-1;;+4. The molecule has 0 heterocycles. The van der Waals surface area contributed by atoms with E-state index in [9.17, 15) is 0 Å². The van der Waals surface area contributed by atoms with Gasteiger partial charge in [0.15, 0.2) is 0 Å². The molecule has 0 atom stereocenters. The van der Waals surface area contributed by atoms with Crippen molar-refractivity contribution >= 4 is 43.4 Å². The molecule has 6 heteroatoms. The summed E-state index contributed by atoms with van der Waals surface area (Å²) in [6, 6.07) is 0. The Hall–Kier alpha value is 1.44. The van der Waals surface area contributed by atoms with Gasteiger partial charge >= 0.3 is 114 Å². The molecule has 0 amide bonds. The molecule has 0 fully saturated rings. The summed E-state index contributed by atoms with van der Waals surface area (Å²) in [5.74, 6) is 0. The van der Waals surface area contributed by atoms with Crippen LogP contribution in [0.25, 0.3) is 0 Å². The van der Waals surface area contributed by atoms with Crippen molar-refractivity contribution in [1.82, 2.24) is 12.5 Å². The van der Waals surface area contributed by atoms with E-state index < -0.39 is 19.5 Å². The van der Waals surface area contributed by atoms with Crippen LogP contribution in [0.15, 0.2) is 0 Å². The van der Waals surface area contributed by atoms with Crippen LogP contribution in [0, 0.1) is 0 Å². The minimum absolute atomic E-state index is 0. The maximum atomic E-state index is 2.62. The Morgan fingerprint density at radius 2 is 0.722 bits per heavy atom. The van der Waals surface area contributed by atoms with Crippen LogP contribution in [0.4, 0.5) is 0 Å². The van der Waals surface area contributed by atoms with Crippen molar-refractivity contribution in [2.75, 3.05) is 54.4 Å². The van der Waals surface area contributed by atoms with Crippen LogP contribution in [0.3, 0.4) is 0 Å². The summed E-state index contributed by atoms with van der Waals surface area (Å²) in [7, 11) is 9.17. The molecule has 4 nitrogen and oxygen atoms in total. The molecular formula is C12H32N4Sn2. The van der Waals surface area contributed by atoms with Crippen LogP contribution in [0.5, 0.6) is 0 Å². The smallest absolute Gasteiger partial charge is 0 e. The Bertz CT molecular complexity index is 171. The molecule has 4 radical (unpaired) electrons. The Morgan fingerprint density at radius 1 is 0.556 bits per heavy atom. The van der Waals surface area contributed by atoms with Crippen molar-refractivity contribution in [3.63, 3.8) is 0 Å². The largest absolute Gasteiger partial charge is 0 e. The number of hydrogen-bond donors (Lipinski definition) is 0. The molecule has 0 spiro atoms. The van der Waals surface area contributed by atoms with Crippen molar-refractivity contribution < 1.29 is 0 Å². The van der Waals surface area contributed by atoms with Gasteiger partial charge in [0.1, 0.15) is 0 Å². The summed E-state index contributed by atoms with van der Waals surface area (Å²) in [6.45, 7) is 13.5. The van der Waals surface area contributed by atoms with Gasteiger partial charge in [-0.1, -0.05) is 0 Å². The van der Waals surface area contributed by atoms with E-state index in [1.807, 2.05) is 0 Å². The first-order valence-electron chi connectivity index (χ1n) is 6.78. The van der Waals surface area contributed by atoms with Gasteiger partial charge in [0.05, 0.1) is 0 Å². The molecule has 0 saturated carbocycles. The molecule has 18 heavy (non-hydrogen) atoms. The van der Waals surface area contributed by atoms with Gasteiger partial charge in [0.25, 0.3) is 0 Å². The third-order valence-corrected chi connectivity index (χ3v) is 19.2. The van der Waals surface area contributed by atoms with E-state index in [0.29, 0.717) is 0 Å². The van der Waals surface area contributed by atoms with E-state index in [1.54, 1.807) is 0 Å². The van der Waals surface area contributed by atoms with E-state index in [0.717, 1.165) is 26.2 Å². The molecular weight excluding hydrogens is 438 g/mol. The third-order valence-electron chi connectivity index (χ3n) is 3.95. The summed E-state index contributed by atoms with van der Waals surface area (Å²) in [5.41, 5.74) is 0. The maximum Gasteiger partial charge on any atom is 0 e. The molecule has 0 bridgehead atoms. The van der Waals surface area contributed by atoms with Crippen molar-refractivity contribution in [3.8, 4) is 0 Å². The monoisotopic (exact) mass is 472 g/mol. The van der Waals surface area contributed by atoms with E-state index in [1.165, 1.54) is 0 Å². The molecule has 0 aromatic heterocycles. The fourth-order valence-corrected chi connectivity index (χ4v) is 17.4. The van der Waals surface area contributed by atoms with Crippen LogP contribution in [-0.2, 0) is 0 Å². The Kier molecular flexibility index (Phi) is 12.3. The van der Waals surface area contributed by atoms with Gasteiger partial charge in [-0.15, -0.1) is 0 Å². The molecule has 0 saturated heterocycles. The molecule has 0 aliphatic rings. The van der Waals surface area contributed by atoms with Crippen LogP contribution >= 0.6 is 0 Å². The van der Waals surface area contributed by atoms with Gasteiger partial charge in [-0.05, 0) is 0 Å². The number of hydrogen-bond acceptors (Lipinski definition) is 4. The second-order valence-corrected chi connectivity index (χ2v) is 16.8. The molecule has 0 unspecified atom stereocenters. The van der Waals surface area contributed by atoms with Crippen molar-refractivity contribution in [3.05, 3.63) is 0 Å². The Morgan fingerprint density at radius 3 is 0.833 bits per heavy atom. The topological polar surface area (TPSA) is 13.0 Å². The first-order valence-corrected chi connectivity index (χ1v) is 11.9. The molecule has 0 N–H and O–H groups in total. The van der Waals surface area contributed by atoms with E-state index in [4.69, 9.17) is 0 Å². The fraction of sp³-hybridized carbons (Fsp3) is 1.00. The zero-order valence-corrected chi connectivity index (χ0v) is 19.3. The summed E-state index contributed by atoms with van der Waals surface area (Å²) >= 11 is -2.77. The Balaban J connectivity index is 0. The van der Waals surface area contributed by atoms with Gasteiger partial charge in [0.2, 0.25) is 0 Å². The quantitative estimate of drug-likeness (QED) is 0.489. The fourth-order valence-electron chi connectivity index (χ4n) is 2.60. The van der Waals surface area contributed by atoms with Crippen LogP contribution in [0.1, 0.15) is 27.7 Å². The molecule has 0 rings (SSSR count). The summed E-state index contributed by atoms with van der Waals surface area (Å²) in [4.78, 5) is 0. The third kappa shape index (κ3) is 4.21. The summed E-state index contributed by atoms with van der Waals surface area (Å²) in [6.07, 6.45) is 0. The van der Waals surface area contributed by atoms with E-state index in [2.05, 4.69) is 68.4 Å². The van der Waals surface area contributed by atoms with Crippen LogP contribution < -0.4 is 0 Å². The number of nitrogens with zero attached hydrogens (tertiary/aromatic N) is 4. The average Bonchev–Trinajstić information content (AvgIpc) is 2.37. The second kappa shape index (κ2) is 10.2. The zero-order chi connectivity index (χ0) is 13.6. The van der Waals surface area contributed by atoms with Gasteiger partial charge in [-0.25, -0.2) is 0 Å². The molecule has 0 aliphatic carbocycles. The average molecular weight is 470 g/mol. The maximum absolute atomic E-state index is 2.77. The van der Waals surface area contributed by atoms with Crippen molar-refractivity contribution in [2.24, 2.45) is 0 Å². The minimum atomic E-state index is -2.77. The molecule has 0 aromatic carbocycles. The first-order chi connectivity index (χ1) is 7.93. The molecule has 0 aliphatic heterocycles. The predicted molar refractivity (Wildman–Crippen MR) is 84.7 cm³/mol. The van der Waals surface area contributed by atoms with Gasteiger partial charge in [0, 0.05) is 23.9 Å². The van der Waals surface area contributed by atoms with Crippen LogP contribution in [0.2, 0.25) is 0 Å². The summed E-state index contributed by atoms with van der Waals surface area (Å²) < 4.78 is 10.5.